The van der Waals surface area contributed by atoms with E-state index >= 15 is 0 Å². The highest BCUT2D eigenvalue weighted by atomic mass is 35.5. The number of aromatic amines is 2. The Bertz CT molecular complexity index is 844. The Labute approximate surface area is 123 Å². The van der Waals surface area contributed by atoms with Gasteiger partial charge in [0.05, 0.1) is 11.6 Å². The summed E-state index contributed by atoms with van der Waals surface area (Å²) < 4.78 is 13.3. The smallest absolute Gasteiger partial charge is 0.279 e. The summed E-state index contributed by atoms with van der Waals surface area (Å²) in [5.41, 5.74) is 1.24. The summed E-state index contributed by atoms with van der Waals surface area (Å²) in [6, 6.07) is 4.60. The number of hydrogen-bond acceptors (Lipinski definition) is 4. The van der Waals surface area contributed by atoms with Crippen LogP contribution < -0.4 is 10.9 Å². The summed E-state index contributed by atoms with van der Waals surface area (Å²) in [5.74, 6) is 0.0330. The molecule has 0 radical (unpaired) electrons. The molecule has 8 heteroatoms. The second-order valence-corrected chi connectivity index (χ2v) is 4.89. The molecule has 0 aliphatic carbocycles. The highest BCUT2D eigenvalue weighted by molar-refractivity contribution is 6.30. The zero-order valence-electron chi connectivity index (χ0n) is 10.8. The number of benzene rings is 1. The lowest BCUT2D eigenvalue weighted by atomic mass is 10.2. The summed E-state index contributed by atoms with van der Waals surface area (Å²) >= 11 is 5.62. The maximum Gasteiger partial charge on any atom is 0.279 e. The molecule has 108 valence electrons. The van der Waals surface area contributed by atoms with Crippen LogP contribution in [0, 0.1) is 5.82 Å². The van der Waals surface area contributed by atoms with E-state index in [0.29, 0.717) is 24.4 Å². The van der Waals surface area contributed by atoms with E-state index in [-0.39, 0.29) is 16.1 Å². The quantitative estimate of drug-likeness (QED) is 0.685. The number of nitrogens with one attached hydrogen (secondary N) is 3. The standard InChI is InChI=1S/C13H11ClFN5O/c14-8-2-1-7(3-9(8)15)4-16-6-11-18-10-5-17-20-12(10)13(21)19-11/h1-3,5,16H,4,6H2,(H,17,20)(H,18,19,21). The second-order valence-electron chi connectivity index (χ2n) is 4.48. The number of aromatic nitrogens is 4. The molecule has 0 amide bonds. The fourth-order valence-corrected chi connectivity index (χ4v) is 2.08. The molecule has 3 aromatic rings. The predicted molar refractivity (Wildman–Crippen MR) is 76.5 cm³/mol. The van der Waals surface area contributed by atoms with Gasteiger partial charge in [-0.1, -0.05) is 17.7 Å². The Kier molecular flexibility index (Phi) is 3.68. The maximum absolute atomic E-state index is 13.3. The molecule has 0 saturated heterocycles. The Morgan fingerprint density at radius 2 is 2.19 bits per heavy atom. The largest absolute Gasteiger partial charge is 0.307 e. The average Bonchev–Trinajstić information content (AvgIpc) is 2.92. The van der Waals surface area contributed by atoms with E-state index < -0.39 is 5.82 Å². The van der Waals surface area contributed by atoms with Crippen LogP contribution in [0.3, 0.4) is 0 Å². The van der Waals surface area contributed by atoms with Crippen molar-refractivity contribution in [3.05, 3.63) is 57.0 Å². The van der Waals surface area contributed by atoms with Gasteiger partial charge in [0.25, 0.3) is 5.56 Å². The van der Waals surface area contributed by atoms with Crippen LogP contribution in [0.2, 0.25) is 5.02 Å². The number of nitrogens with zero attached hydrogens (tertiary/aromatic N) is 2. The van der Waals surface area contributed by atoms with Crippen molar-refractivity contribution in [2.75, 3.05) is 0 Å². The maximum atomic E-state index is 13.3. The molecular formula is C13H11ClFN5O. The molecule has 6 nitrogen and oxygen atoms in total. The molecule has 0 atom stereocenters. The summed E-state index contributed by atoms with van der Waals surface area (Å²) in [6.45, 7) is 0.780. The molecule has 0 spiro atoms. The molecule has 0 bridgehead atoms. The van der Waals surface area contributed by atoms with Crippen molar-refractivity contribution in [1.82, 2.24) is 25.5 Å². The fourth-order valence-electron chi connectivity index (χ4n) is 1.96. The Hall–Kier alpha value is -2.25. The summed E-state index contributed by atoms with van der Waals surface area (Å²) in [6.07, 6.45) is 1.56. The monoisotopic (exact) mass is 307 g/mol. The molecule has 0 aliphatic rings. The summed E-state index contributed by atoms with van der Waals surface area (Å²) in [7, 11) is 0. The molecule has 21 heavy (non-hydrogen) atoms. The van der Waals surface area contributed by atoms with Crippen LogP contribution in [0.4, 0.5) is 4.39 Å². The van der Waals surface area contributed by atoms with Gasteiger partial charge >= 0.3 is 0 Å². The first-order valence-corrected chi connectivity index (χ1v) is 6.58. The summed E-state index contributed by atoms with van der Waals surface area (Å²) in [4.78, 5) is 18.6. The Morgan fingerprint density at radius 3 is 3.00 bits per heavy atom. The van der Waals surface area contributed by atoms with Gasteiger partial charge in [0, 0.05) is 12.7 Å². The third kappa shape index (κ3) is 2.93. The third-order valence-electron chi connectivity index (χ3n) is 2.95. The van der Waals surface area contributed by atoms with Crippen LogP contribution in [-0.2, 0) is 13.1 Å². The van der Waals surface area contributed by atoms with Gasteiger partial charge in [0.1, 0.15) is 17.2 Å². The molecule has 1 aromatic carbocycles. The minimum Gasteiger partial charge on any atom is -0.307 e. The fraction of sp³-hybridized carbons (Fsp3) is 0.154. The lowest BCUT2D eigenvalue weighted by Crippen LogP contribution is -2.19. The van der Waals surface area contributed by atoms with Crippen LogP contribution in [0.1, 0.15) is 11.4 Å². The van der Waals surface area contributed by atoms with E-state index in [0.717, 1.165) is 5.56 Å². The van der Waals surface area contributed by atoms with Crippen LogP contribution in [0.15, 0.2) is 29.2 Å². The van der Waals surface area contributed by atoms with Crippen molar-refractivity contribution >= 4 is 22.6 Å². The highest BCUT2D eigenvalue weighted by Gasteiger charge is 2.06. The third-order valence-corrected chi connectivity index (χ3v) is 3.26. The molecular weight excluding hydrogens is 297 g/mol. The number of rotatable bonds is 4. The van der Waals surface area contributed by atoms with Crippen molar-refractivity contribution in [2.45, 2.75) is 13.1 Å². The van der Waals surface area contributed by atoms with Gasteiger partial charge in [-0.05, 0) is 17.7 Å². The normalized spacial score (nSPS) is 11.1. The molecule has 3 rings (SSSR count). The van der Waals surface area contributed by atoms with E-state index in [1.165, 1.54) is 12.1 Å². The van der Waals surface area contributed by atoms with Crippen LogP contribution >= 0.6 is 11.6 Å². The van der Waals surface area contributed by atoms with Crippen molar-refractivity contribution in [1.29, 1.82) is 0 Å². The summed E-state index contributed by atoms with van der Waals surface area (Å²) in [5, 5.41) is 9.56. The Morgan fingerprint density at radius 1 is 1.33 bits per heavy atom. The highest BCUT2D eigenvalue weighted by Crippen LogP contribution is 2.15. The van der Waals surface area contributed by atoms with Crippen molar-refractivity contribution < 1.29 is 4.39 Å². The van der Waals surface area contributed by atoms with Gasteiger partial charge in [-0.25, -0.2) is 9.37 Å². The van der Waals surface area contributed by atoms with Gasteiger partial charge in [-0.3, -0.25) is 9.89 Å². The lowest BCUT2D eigenvalue weighted by molar-refractivity contribution is 0.618. The van der Waals surface area contributed by atoms with E-state index in [9.17, 15) is 9.18 Å². The molecule has 0 saturated carbocycles. The zero-order chi connectivity index (χ0) is 14.8. The van der Waals surface area contributed by atoms with Gasteiger partial charge in [0.2, 0.25) is 0 Å². The molecule has 0 fully saturated rings. The van der Waals surface area contributed by atoms with Gasteiger partial charge in [0.15, 0.2) is 5.52 Å². The van der Waals surface area contributed by atoms with E-state index in [1.54, 1.807) is 12.3 Å². The molecule has 2 aromatic heterocycles. The molecule has 3 N–H and O–H groups in total. The number of H-pyrrole nitrogens is 2. The molecule has 0 unspecified atom stereocenters. The van der Waals surface area contributed by atoms with Crippen molar-refractivity contribution in [3.63, 3.8) is 0 Å². The predicted octanol–water partition coefficient (Wildman–Crippen LogP) is 1.73. The number of fused-ring (bicyclic) bond motifs is 1. The van der Waals surface area contributed by atoms with Crippen LogP contribution in [0.5, 0.6) is 0 Å². The average molecular weight is 308 g/mol. The first-order valence-electron chi connectivity index (χ1n) is 6.21. The lowest BCUT2D eigenvalue weighted by Gasteiger charge is -2.05. The van der Waals surface area contributed by atoms with Crippen LogP contribution in [0.25, 0.3) is 11.0 Å². The van der Waals surface area contributed by atoms with Gasteiger partial charge < -0.3 is 10.3 Å². The van der Waals surface area contributed by atoms with Crippen molar-refractivity contribution in [2.24, 2.45) is 0 Å². The first kappa shape index (κ1) is 13.7. The van der Waals surface area contributed by atoms with E-state index in [2.05, 4.69) is 25.5 Å². The minimum absolute atomic E-state index is 0.0927. The first-order chi connectivity index (χ1) is 10.1. The SMILES string of the molecule is O=c1[nH]c(CNCc2ccc(Cl)c(F)c2)nc2c[nH]nc12. The topological polar surface area (TPSA) is 86.5 Å². The molecule has 2 heterocycles. The van der Waals surface area contributed by atoms with Crippen LogP contribution in [-0.4, -0.2) is 20.2 Å². The van der Waals surface area contributed by atoms with E-state index in [4.69, 9.17) is 11.6 Å². The number of halogens is 2. The minimum atomic E-state index is -0.456. The van der Waals surface area contributed by atoms with Gasteiger partial charge in [-0.2, -0.15) is 5.10 Å². The van der Waals surface area contributed by atoms with Gasteiger partial charge in [-0.15, -0.1) is 0 Å². The molecule has 0 aliphatic heterocycles. The van der Waals surface area contributed by atoms with Crippen molar-refractivity contribution in [3.8, 4) is 0 Å². The second kappa shape index (κ2) is 5.63. The Balaban J connectivity index is 1.68. The zero-order valence-corrected chi connectivity index (χ0v) is 11.5. The van der Waals surface area contributed by atoms with E-state index in [1.807, 2.05) is 0 Å². The number of hydrogen-bond donors (Lipinski definition) is 3.